The number of carbonyl (C=O) groups excluding carboxylic acids is 2. The van der Waals surface area contributed by atoms with Gasteiger partial charge >= 0.3 is 5.97 Å². The molecule has 2 aromatic carbocycles. The maximum atomic E-state index is 13.2. The highest BCUT2D eigenvalue weighted by Crippen LogP contribution is 2.47. The molecule has 1 aliphatic carbocycles. The Bertz CT molecular complexity index is 1060. The molecule has 0 saturated heterocycles. The van der Waals surface area contributed by atoms with Crippen LogP contribution in [0.1, 0.15) is 45.1 Å². The van der Waals surface area contributed by atoms with Crippen LogP contribution in [0.15, 0.2) is 65.0 Å². The van der Waals surface area contributed by atoms with Crippen molar-refractivity contribution in [1.29, 1.82) is 0 Å². The third-order valence-electron chi connectivity index (χ3n) is 5.75. The summed E-state index contributed by atoms with van der Waals surface area (Å²) in [6.07, 6.45) is 1.26. The highest BCUT2D eigenvalue weighted by Gasteiger charge is 2.42. The first kappa shape index (κ1) is 18.5. The Morgan fingerprint density at radius 2 is 1.82 bits per heavy atom. The Morgan fingerprint density at radius 1 is 1.11 bits per heavy atom. The van der Waals surface area contributed by atoms with Crippen LogP contribution in [-0.2, 0) is 14.3 Å². The smallest absolute Gasteiger partial charge is 0.336 e. The molecule has 2 aliphatic rings. The van der Waals surface area contributed by atoms with Crippen LogP contribution >= 0.6 is 0 Å². The number of ether oxygens (including phenoxy) is 1. The van der Waals surface area contributed by atoms with Gasteiger partial charge in [-0.25, -0.2) is 4.79 Å². The maximum absolute atomic E-state index is 13.2. The number of esters is 1. The first-order valence-corrected chi connectivity index (χ1v) is 9.62. The number of ketones is 1. The van der Waals surface area contributed by atoms with Crippen molar-refractivity contribution >= 4 is 22.5 Å². The van der Waals surface area contributed by atoms with Gasteiger partial charge in [0.05, 0.1) is 12.7 Å². The van der Waals surface area contributed by atoms with E-state index in [1.807, 2.05) is 25.1 Å². The third kappa shape index (κ3) is 3.03. The zero-order valence-corrected chi connectivity index (χ0v) is 16.8. The van der Waals surface area contributed by atoms with Crippen molar-refractivity contribution in [3.8, 4) is 0 Å². The number of allylic oxidation sites excluding steroid dienone is 3. The predicted molar refractivity (Wildman–Crippen MR) is 110 cm³/mol. The molecule has 0 amide bonds. The van der Waals surface area contributed by atoms with Crippen molar-refractivity contribution in [2.24, 2.45) is 5.41 Å². The summed E-state index contributed by atoms with van der Waals surface area (Å²) in [4.78, 5) is 25.9. The lowest BCUT2D eigenvalue weighted by atomic mass is 9.68. The summed E-state index contributed by atoms with van der Waals surface area (Å²) in [6.45, 7) is 6.10. The minimum atomic E-state index is -0.406. The van der Waals surface area contributed by atoms with Crippen molar-refractivity contribution in [1.82, 2.24) is 5.32 Å². The molecule has 1 atom stereocenters. The first-order valence-electron chi connectivity index (χ1n) is 9.62. The van der Waals surface area contributed by atoms with Crippen molar-refractivity contribution in [3.05, 3.63) is 70.6 Å². The van der Waals surface area contributed by atoms with Crippen molar-refractivity contribution in [2.45, 2.75) is 39.5 Å². The average molecular weight is 375 g/mol. The molecule has 0 spiro atoms. The van der Waals surface area contributed by atoms with E-state index in [4.69, 9.17) is 4.74 Å². The summed E-state index contributed by atoms with van der Waals surface area (Å²) in [5.74, 6) is -0.699. The Morgan fingerprint density at radius 3 is 2.54 bits per heavy atom. The molecule has 4 nitrogen and oxygen atoms in total. The number of carbonyl (C=O) groups is 2. The number of hydrogen-bond acceptors (Lipinski definition) is 4. The van der Waals surface area contributed by atoms with Crippen LogP contribution in [0.2, 0.25) is 0 Å². The van der Waals surface area contributed by atoms with Crippen LogP contribution in [0.25, 0.3) is 10.8 Å². The zero-order valence-electron chi connectivity index (χ0n) is 16.8. The molecule has 28 heavy (non-hydrogen) atoms. The largest absolute Gasteiger partial charge is 0.466 e. The lowest BCUT2D eigenvalue weighted by Crippen LogP contribution is -2.38. The average Bonchev–Trinajstić information content (AvgIpc) is 2.65. The van der Waals surface area contributed by atoms with Gasteiger partial charge in [-0.3, -0.25) is 4.79 Å². The van der Waals surface area contributed by atoms with E-state index < -0.39 is 11.9 Å². The summed E-state index contributed by atoms with van der Waals surface area (Å²) in [5.41, 5.74) is 3.77. The van der Waals surface area contributed by atoms with E-state index in [0.717, 1.165) is 34.2 Å². The fourth-order valence-electron chi connectivity index (χ4n) is 4.54. The van der Waals surface area contributed by atoms with E-state index in [1.54, 1.807) is 0 Å². The first-order chi connectivity index (χ1) is 13.3. The minimum Gasteiger partial charge on any atom is -0.466 e. The zero-order chi connectivity index (χ0) is 20.1. The summed E-state index contributed by atoms with van der Waals surface area (Å²) in [5, 5.41) is 5.56. The molecule has 144 valence electrons. The standard InChI is InChI=1S/C24H25NO3/c1-14-20(23(27)28-4)21(17-10-9-15-7-5-6-8-16(15)11-17)22-18(25-14)12-24(2,3)13-19(22)26/h5-11,21,25H,12-13H2,1-4H3. The summed E-state index contributed by atoms with van der Waals surface area (Å²) < 4.78 is 5.08. The second-order valence-electron chi connectivity index (χ2n) is 8.53. The molecule has 0 radical (unpaired) electrons. The van der Waals surface area contributed by atoms with E-state index in [-0.39, 0.29) is 11.2 Å². The molecule has 4 rings (SSSR count). The van der Waals surface area contributed by atoms with E-state index in [1.165, 1.54) is 7.11 Å². The number of rotatable bonds is 2. The number of Topliss-reactive ketones (excluding diaryl/α,β-unsaturated/α-hetero) is 1. The fourth-order valence-corrected chi connectivity index (χ4v) is 4.54. The van der Waals surface area contributed by atoms with Gasteiger partial charge in [0.2, 0.25) is 0 Å². The Balaban J connectivity index is 1.93. The normalized spacial score (nSPS) is 21.4. The molecule has 1 heterocycles. The topological polar surface area (TPSA) is 55.4 Å². The number of hydrogen-bond donors (Lipinski definition) is 1. The molecule has 0 fully saturated rings. The Hall–Kier alpha value is -2.88. The van der Waals surface area contributed by atoms with Crippen molar-refractivity contribution in [3.63, 3.8) is 0 Å². The Kier molecular flexibility index (Phi) is 4.37. The molecule has 0 saturated carbocycles. The molecule has 1 unspecified atom stereocenters. The van der Waals surface area contributed by atoms with Crippen LogP contribution in [0.4, 0.5) is 0 Å². The number of fused-ring (bicyclic) bond motifs is 1. The van der Waals surface area contributed by atoms with Gasteiger partial charge in [-0.05, 0) is 35.1 Å². The van der Waals surface area contributed by atoms with Gasteiger partial charge < -0.3 is 10.1 Å². The fraction of sp³-hybridized carbons (Fsp3) is 0.333. The minimum absolute atomic E-state index is 0.0973. The van der Waals surface area contributed by atoms with Gasteiger partial charge in [-0.2, -0.15) is 0 Å². The Labute approximate surface area is 165 Å². The van der Waals surface area contributed by atoms with Gasteiger partial charge in [0.25, 0.3) is 0 Å². The van der Waals surface area contributed by atoms with Crippen LogP contribution in [-0.4, -0.2) is 18.9 Å². The SMILES string of the molecule is COC(=O)C1=C(C)NC2=C(C(=O)CC(C)(C)C2)C1c1ccc2ccccc2c1. The van der Waals surface area contributed by atoms with Crippen molar-refractivity contribution in [2.75, 3.05) is 7.11 Å². The van der Waals surface area contributed by atoms with Crippen LogP contribution in [0, 0.1) is 5.41 Å². The number of methoxy groups -OCH3 is 1. The van der Waals surface area contributed by atoms with E-state index in [0.29, 0.717) is 17.6 Å². The molecule has 2 aromatic rings. The molecule has 4 heteroatoms. The molecule has 1 N–H and O–H groups in total. The highest BCUT2D eigenvalue weighted by atomic mass is 16.5. The summed E-state index contributed by atoms with van der Waals surface area (Å²) in [6, 6.07) is 14.3. The van der Waals surface area contributed by atoms with Gasteiger partial charge in [0.1, 0.15) is 0 Å². The van der Waals surface area contributed by atoms with Gasteiger partial charge in [-0.15, -0.1) is 0 Å². The number of nitrogens with one attached hydrogen (secondary N) is 1. The predicted octanol–water partition coefficient (Wildman–Crippen LogP) is 4.62. The van der Waals surface area contributed by atoms with E-state index in [2.05, 4.69) is 43.4 Å². The number of dihydropyridines is 1. The van der Waals surface area contributed by atoms with Crippen molar-refractivity contribution < 1.29 is 14.3 Å². The molecule has 0 aromatic heterocycles. The lowest BCUT2D eigenvalue weighted by molar-refractivity contribution is -0.136. The van der Waals surface area contributed by atoms with Crippen LogP contribution in [0.5, 0.6) is 0 Å². The van der Waals surface area contributed by atoms with Gasteiger partial charge in [0, 0.05) is 29.3 Å². The van der Waals surface area contributed by atoms with Gasteiger partial charge in [0.15, 0.2) is 5.78 Å². The number of benzene rings is 2. The quantitative estimate of drug-likeness (QED) is 0.779. The third-order valence-corrected chi connectivity index (χ3v) is 5.75. The van der Waals surface area contributed by atoms with E-state index in [9.17, 15) is 9.59 Å². The van der Waals surface area contributed by atoms with Gasteiger partial charge in [-0.1, -0.05) is 56.3 Å². The second-order valence-corrected chi connectivity index (χ2v) is 8.53. The molecular formula is C24H25NO3. The monoisotopic (exact) mass is 375 g/mol. The molecule has 1 aliphatic heterocycles. The lowest BCUT2D eigenvalue weighted by Gasteiger charge is -2.39. The second kappa shape index (κ2) is 6.62. The molecule has 0 bridgehead atoms. The maximum Gasteiger partial charge on any atom is 0.336 e. The van der Waals surface area contributed by atoms with Crippen LogP contribution in [0.3, 0.4) is 0 Å². The van der Waals surface area contributed by atoms with Crippen LogP contribution < -0.4 is 5.32 Å². The highest BCUT2D eigenvalue weighted by molar-refractivity contribution is 6.04. The molecular weight excluding hydrogens is 350 g/mol. The van der Waals surface area contributed by atoms with E-state index >= 15 is 0 Å². The summed E-state index contributed by atoms with van der Waals surface area (Å²) in [7, 11) is 1.38. The summed E-state index contributed by atoms with van der Waals surface area (Å²) >= 11 is 0.